The summed E-state index contributed by atoms with van der Waals surface area (Å²) >= 11 is -1.37. The third kappa shape index (κ3) is 6.30. The Hall–Kier alpha value is -3.11. The predicted octanol–water partition coefficient (Wildman–Crippen LogP) is 4.32. The van der Waals surface area contributed by atoms with Gasteiger partial charge in [-0.15, -0.1) is 4.31 Å². The maximum absolute atomic E-state index is 13.4. The van der Waals surface area contributed by atoms with E-state index in [1.54, 1.807) is 13.1 Å². The van der Waals surface area contributed by atoms with E-state index in [-0.39, 0.29) is 11.8 Å². The summed E-state index contributed by atoms with van der Waals surface area (Å²) in [7, 11) is 5.80. The number of amides is 1. The number of anilines is 2. The number of ether oxygens (including phenoxy) is 1. The molecule has 2 N–H and O–H groups in total. The first-order chi connectivity index (χ1) is 18.3. The van der Waals surface area contributed by atoms with E-state index in [4.69, 9.17) is 4.74 Å². The number of rotatable bonds is 10. The number of aldehydes is 1. The van der Waals surface area contributed by atoms with E-state index in [0.29, 0.717) is 35.8 Å². The highest BCUT2D eigenvalue weighted by Crippen LogP contribution is 2.33. The predicted molar refractivity (Wildman–Crippen MR) is 153 cm³/mol. The van der Waals surface area contributed by atoms with Crippen molar-refractivity contribution < 1.29 is 18.9 Å². The van der Waals surface area contributed by atoms with Crippen LogP contribution < -0.4 is 15.4 Å². The smallest absolute Gasteiger partial charge is 0.228 e. The molecule has 1 heterocycles. The fraction of sp³-hybridized carbons (Fsp3) is 0.379. The van der Waals surface area contributed by atoms with Crippen LogP contribution in [-0.2, 0) is 16.2 Å². The van der Waals surface area contributed by atoms with E-state index in [1.807, 2.05) is 67.8 Å². The highest BCUT2D eigenvalue weighted by atomic mass is 32.2. The number of piperidine rings is 1. The Labute approximate surface area is 227 Å². The van der Waals surface area contributed by atoms with Crippen molar-refractivity contribution in [2.24, 2.45) is 5.92 Å². The fourth-order valence-corrected chi connectivity index (χ4v) is 6.14. The third-order valence-electron chi connectivity index (χ3n) is 6.86. The van der Waals surface area contributed by atoms with Crippen LogP contribution >= 0.6 is 0 Å². The minimum Gasteiger partial charge on any atom is -0.593 e. The van der Waals surface area contributed by atoms with Crippen molar-refractivity contribution in [3.63, 3.8) is 0 Å². The maximum atomic E-state index is 13.4. The Morgan fingerprint density at radius 3 is 2.71 bits per heavy atom. The number of carbonyl (C=O) groups is 2. The number of fused-ring (bicyclic) bond motifs is 1. The van der Waals surface area contributed by atoms with Gasteiger partial charge in [-0.1, -0.05) is 18.2 Å². The molecule has 0 aromatic heterocycles. The van der Waals surface area contributed by atoms with Gasteiger partial charge in [0.15, 0.2) is 11.2 Å². The van der Waals surface area contributed by atoms with E-state index in [2.05, 4.69) is 15.5 Å². The van der Waals surface area contributed by atoms with Gasteiger partial charge in [-0.2, -0.15) is 0 Å². The Balaban J connectivity index is 1.45. The van der Waals surface area contributed by atoms with Gasteiger partial charge in [0.1, 0.15) is 12.4 Å². The second kappa shape index (κ2) is 12.6. The van der Waals surface area contributed by atoms with Crippen LogP contribution in [0.5, 0.6) is 5.75 Å². The van der Waals surface area contributed by atoms with Gasteiger partial charge in [-0.25, -0.2) is 0 Å². The van der Waals surface area contributed by atoms with Crippen molar-refractivity contribution in [2.75, 3.05) is 58.0 Å². The summed E-state index contributed by atoms with van der Waals surface area (Å²) in [6, 6.07) is 14.8. The summed E-state index contributed by atoms with van der Waals surface area (Å²) in [5.74, 6) is 0.385. The van der Waals surface area contributed by atoms with Crippen LogP contribution in [-0.4, -0.2) is 73.3 Å². The molecule has 38 heavy (non-hydrogen) atoms. The zero-order valence-electron chi connectivity index (χ0n) is 22.5. The monoisotopic (exact) mass is 536 g/mol. The zero-order valence-corrected chi connectivity index (χ0v) is 23.3. The van der Waals surface area contributed by atoms with Crippen LogP contribution in [0.4, 0.5) is 11.4 Å². The van der Waals surface area contributed by atoms with Gasteiger partial charge in [0.05, 0.1) is 23.8 Å². The Kier molecular flexibility index (Phi) is 9.27. The van der Waals surface area contributed by atoms with Crippen molar-refractivity contribution in [2.45, 2.75) is 24.7 Å². The molecule has 0 spiro atoms. The van der Waals surface area contributed by atoms with Gasteiger partial charge in [0.25, 0.3) is 0 Å². The van der Waals surface area contributed by atoms with E-state index in [1.165, 1.54) is 0 Å². The molecule has 1 amide bonds. The molecule has 1 aliphatic rings. The average molecular weight is 537 g/mol. The van der Waals surface area contributed by atoms with E-state index >= 15 is 0 Å². The fourth-order valence-electron chi connectivity index (χ4n) is 4.77. The SMILES string of the molecule is CNc1ccc(NC(=O)C2CCCN([S+]([O-])c3ccc(OCCN(C)C)c(C)c3)C2)c2cccc(C=O)c12. The normalized spacial score (nSPS) is 16.8. The Morgan fingerprint density at radius 1 is 1.21 bits per heavy atom. The number of nitrogens with one attached hydrogen (secondary N) is 2. The molecule has 4 rings (SSSR count). The van der Waals surface area contributed by atoms with E-state index in [9.17, 15) is 14.1 Å². The van der Waals surface area contributed by atoms with Crippen molar-refractivity contribution in [1.29, 1.82) is 0 Å². The standard InChI is InChI=1S/C29H36N4O4S/c1-20-17-23(10-13-27(20)37-16-15-32(3)4)38(36)33-14-6-8-21(18-33)29(35)31-25-11-12-26(30-2)28-22(19-34)7-5-9-24(25)28/h5,7,9-13,17,19,21,30H,6,8,14-16,18H2,1-4H3,(H,31,35). The molecule has 3 aromatic carbocycles. The van der Waals surface area contributed by atoms with Crippen LogP contribution in [0.15, 0.2) is 53.4 Å². The molecule has 9 heteroatoms. The molecule has 0 bridgehead atoms. The minimum absolute atomic E-state index is 0.109. The third-order valence-corrected chi connectivity index (χ3v) is 8.32. The summed E-state index contributed by atoms with van der Waals surface area (Å²) in [6.45, 7) is 4.43. The lowest BCUT2D eigenvalue weighted by Gasteiger charge is -2.31. The second-order valence-corrected chi connectivity index (χ2v) is 11.3. The molecular formula is C29H36N4O4S. The molecule has 1 aliphatic heterocycles. The largest absolute Gasteiger partial charge is 0.593 e. The Morgan fingerprint density at radius 2 is 2.00 bits per heavy atom. The van der Waals surface area contributed by atoms with Gasteiger partial charge < -0.3 is 24.8 Å². The first-order valence-electron chi connectivity index (χ1n) is 12.9. The number of likely N-dealkylation sites (N-methyl/N-ethyl adjacent to an activating group) is 1. The lowest BCUT2D eigenvalue weighted by atomic mass is 9.97. The van der Waals surface area contributed by atoms with Gasteiger partial charge in [0, 0.05) is 53.9 Å². The van der Waals surface area contributed by atoms with Crippen molar-refractivity contribution in [1.82, 2.24) is 9.21 Å². The molecule has 1 saturated heterocycles. The number of benzene rings is 3. The highest BCUT2D eigenvalue weighted by molar-refractivity contribution is 7.89. The van der Waals surface area contributed by atoms with E-state index in [0.717, 1.165) is 53.4 Å². The zero-order chi connectivity index (χ0) is 27.2. The molecular weight excluding hydrogens is 500 g/mol. The molecule has 8 nitrogen and oxygen atoms in total. The van der Waals surface area contributed by atoms with Gasteiger partial charge in [-0.3, -0.25) is 9.59 Å². The maximum Gasteiger partial charge on any atom is 0.228 e. The van der Waals surface area contributed by atoms with Crippen LogP contribution in [0.3, 0.4) is 0 Å². The van der Waals surface area contributed by atoms with Crippen LogP contribution in [0, 0.1) is 12.8 Å². The number of nitrogens with zero attached hydrogens (tertiary/aromatic N) is 2. The number of carbonyl (C=O) groups excluding carboxylic acids is 2. The first kappa shape index (κ1) is 27.9. The van der Waals surface area contributed by atoms with Crippen LogP contribution in [0.2, 0.25) is 0 Å². The summed E-state index contributed by atoms with van der Waals surface area (Å²) in [4.78, 5) is 27.7. The summed E-state index contributed by atoms with van der Waals surface area (Å²) in [5, 5.41) is 7.77. The molecule has 2 atom stereocenters. The lowest BCUT2D eigenvalue weighted by molar-refractivity contribution is -0.120. The van der Waals surface area contributed by atoms with Gasteiger partial charge >= 0.3 is 0 Å². The topological polar surface area (TPSA) is 97.0 Å². The molecule has 0 aliphatic carbocycles. The first-order valence-corrected chi connectivity index (χ1v) is 14.0. The summed E-state index contributed by atoms with van der Waals surface area (Å²) in [5.41, 5.74) is 2.98. The molecule has 3 aromatic rings. The summed E-state index contributed by atoms with van der Waals surface area (Å²) in [6.07, 6.45) is 2.33. The quantitative estimate of drug-likeness (QED) is 0.294. The molecule has 0 radical (unpaired) electrons. The lowest BCUT2D eigenvalue weighted by Crippen LogP contribution is -2.43. The highest BCUT2D eigenvalue weighted by Gasteiger charge is 2.33. The van der Waals surface area contributed by atoms with E-state index < -0.39 is 11.4 Å². The second-order valence-electron chi connectivity index (χ2n) is 9.84. The molecule has 1 fully saturated rings. The van der Waals surface area contributed by atoms with Crippen molar-refractivity contribution in [3.05, 3.63) is 59.7 Å². The molecule has 202 valence electrons. The van der Waals surface area contributed by atoms with Crippen LogP contribution in [0.1, 0.15) is 28.8 Å². The van der Waals surface area contributed by atoms with Gasteiger partial charge in [-0.05, 0) is 63.7 Å². The minimum atomic E-state index is -1.37. The number of hydrogen-bond acceptors (Lipinski definition) is 7. The molecule has 0 saturated carbocycles. The van der Waals surface area contributed by atoms with Crippen molar-refractivity contribution in [3.8, 4) is 5.75 Å². The van der Waals surface area contributed by atoms with Crippen molar-refractivity contribution >= 4 is 45.7 Å². The number of hydrogen-bond donors (Lipinski definition) is 2. The Bertz CT molecular complexity index is 1300. The van der Waals surface area contributed by atoms with Crippen LogP contribution in [0.25, 0.3) is 10.8 Å². The number of aryl methyl sites for hydroxylation is 1. The average Bonchev–Trinajstić information content (AvgIpc) is 2.93. The molecule has 2 unspecified atom stereocenters. The van der Waals surface area contributed by atoms with Gasteiger partial charge in [0.2, 0.25) is 5.91 Å². The summed E-state index contributed by atoms with van der Waals surface area (Å²) < 4.78 is 21.2.